The third kappa shape index (κ3) is 7.83. The molecule has 2 saturated heterocycles. The average molecular weight is 574 g/mol. The van der Waals surface area contributed by atoms with E-state index in [1.54, 1.807) is 12.1 Å². The van der Waals surface area contributed by atoms with Crippen LogP contribution in [0, 0.1) is 11.3 Å². The zero-order chi connectivity index (χ0) is 26.8. The molecule has 2 aliphatic heterocycles. The van der Waals surface area contributed by atoms with Crippen molar-refractivity contribution in [2.24, 2.45) is 11.3 Å². The summed E-state index contributed by atoms with van der Waals surface area (Å²) in [6.07, 6.45) is 7.65. The van der Waals surface area contributed by atoms with Crippen LogP contribution < -0.4 is 5.32 Å². The largest absolute Gasteiger partial charge is 0.349 e. The molecular weight excluding hydrogens is 534 g/mol. The van der Waals surface area contributed by atoms with Crippen LogP contribution in [0.4, 0.5) is 0 Å². The number of amides is 2. The van der Waals surface area contributed by atoms with Crippen molar-refractivity contribution in [3.8, 4) is 0 Å². The highest BCUT2D eigenvalue weighted by molar-refractivity contribution is 7.90. The molecule has 0 aromatic heterocycles. The standard InChI is InChI=1S/C30H39N3O4S.ClH/c1-38(36,37)26-11-9-24(10-12-26)21-33-22-30(20-29(33)35)14-17-32(18-15-30)16-13-27(25-5-3-2-4-6-25)31-28(34)19-23-7-8-23;/h2-6,9-12,23,27H,7-8,13-22H2,1H3,(H,31,34);1H. The van der Waals surface area contributed by atoms with Crippen molar-refractivity contribution in [3.05, 3.63) is 65.7 Å². The van der Waals surface area contributed by atoms with Crippen molar-refractivity contribution in [2.75, 3.05) is 32.4 Å². The average Bonchev–Trinajstić information content (AvgIpc) is 3.66. The van der Waals surface area contributed by atoms with Gasteiger partial charge in [0.25, 0.3) is 0 Å². The highest BCUT2D eigenvalue weighted by Crippen LogP contribution is 2.41. The van der Waals surface area contributed by atoms with Gasteiger partial charge in [-0.15, -0.1) is 12.4 Å². The van der Waals surface area contributed by atoms with Gasteiger partial charge in [0.05, 0.1) is 10.9 Å². The highest BCUT2D eigenvalue weighted by atomic mass is 35.5. The summed E-state index contributed by atoms with van der Waals surface area (Å²) < 4.78 is 23.5. The predicted molar refractivity (Wildman–Crippen MR) is 154 cm³/mol. The Labute approximate surface area is 238 Å². The minimum absolute atomic E-state index is 0. The summed E-state index contributed by atoms with van der Waals surface area (Å²) in [6, 6.07) is 17.2. The minimum Gasteiger partial charge on any atom is -0.349 e. The van der Waals surface area contributed by atoms with Crippen molar-refractivity contribution >= 4 is 34.1 Å². The molecule has 2 aromatic rings. The molecule has 1 aliphatic carbocycles. The fraction of sp³-hybridized carbons (Fsp3) is 0.533. The Morgan fingerprint density at radius 3 is 2.33 bits per heavy atom. The molecule has 2 heterocycles. The molecule has 7 nitrogen and oxygen atoms in total. The number of piperidine rings is 1. The van der Waals surface area contributed by atoms with E-state index < -0.39 is 9.84 Å². The maximum Gasteiger partial charge on any atom is 0.223 e. The molecule has 1 atom stereocenters. The molecule has 1 N–H and O–H groups in total. The molecule has 1 spiro atoms. The van der Waals surface area contributed by atoms with E-state index in [9.17, 15) is 18.0 Å². The lowest BCUT2D eigenvalue weighted by Gasteiger charge is -2.39. The van der Waals surface area contributed by atoms with Crippen molar-refractivity contribution in [1.29, 1.82) is 0 Å². The van der Waals surface area contributed by atoms with Gasteiger partial charge in [-0.3, -0.25) is 9.59 Å². The second-order valence-electron chi connectivity index (χ2n) is 11.7. The molecule has 1 saturated carbocycles. The molecule has 39 heavy (non-hydrogen) atoms. The van der Waals surface area contributed by atoms with E-state index in [1.165, 1.54) is 19.1 Å². The Balaban J connectivity index is 0.00000353. The fourth-order valence-corrected chi connectivity index (χ4v) is 6.56. The second-order valence-corrected chi connectivity index (χ2v) is 13.7. The number of nitrogens with one attached hydrogen (secondary N) is 1. The monoisotopic (exact) mass is 573 g/mol. The third-order valence-electron chi connectivity index (χ3n) is 8.49. The summed E-state index contributed by atoms with van der Waals surface area (Å²) in [7, 11) is -3.23. The van der Waals surface area contributed by atoms with Crippen molar-refractivity contribution in [1.82, 2.24) is 15.1 Å². The van der Waals surface area contributed by atoms with Crippen LogP contribution in [0.15, 0.2) is 59.5 Å². The molecular formula is C30H40ClN3O4S. The van der Waals surface area contributed by atoms with Gasteiger partial charge in [-0.2, -0.15) is 0 Å². The van der Waals surface area contributed by atoms with Crippen LogP contribution in [-0.4, -0.2) is 62.5 Å². The Morgan fingerprint density at radius 2 is 1.72 bits per heavy atom. The lowest BCUT2D eigenvalue weighted by molar-refractivity contribution is -0.128. The first-order chi connectivity index (χ1) is 18.2. The first-order valence-corrected chi connectivity index (χ1v) is 15.7. The Hall–Kier alpha value is -2.42. The zero-order valence-electron chi connectivity index (χ0n) is 22.7. The molecule has 9 heteroatoms. The van der Waals surface area contributed by atoms with Crippen LogP contribution in [-0.2, 0) is 26.0 Å². The number of hydrogen-bond donors (Lipinski definition) is 1. The number of hydrogen-bond acceptors (Lipinski definition) is 5. The SMILES string of the molecule is CS(=O)(=O)c1ccc(CN2CC3(CCN(CCC(NC(=O)CC4CC4)c4ccccc4)CC3)CC2=O)cc1.Cl. The van der Waals surface area contributed by atoms with E-state index in [2.05, 4.69) is 22.3 Å². The Kier molecular flexibility index (Phi) is 9.40. The van der Waals surface area contributed by atoms with Gasteiger partial charge in [0, 0.05) is 38.7 Å². The Bertz CT molecular complexity index is 1240. The number of carbonyl (C=O) groups is 2. The number of carbonyl (C=O) groups excluding carboxylic acids is 2. The maximum atomic E-state index is 12.9. The van der Waals surface area contributed by atoms with Crippen LogP contribution in [0.3, 0.4) is 0 Å². The summed E-state index contributed by atoms with van der Waals surface area (Å²) in [5.74, 6) is 0.924. The molecule has 2 aromatic carbocycles. The molecule has 0 bridgehead atoms. The number of sulfone groups is 1. The first kappa shape index (κ1) is 29.6. The normalized spacial score (nSPS) is 20.0. The summed E-state index contributed by atoms with van der Waals surface area (Å²) >= 11 is 0. The van der Waals surface area contributed by atoms with Crippen LogP contribution in [0.5, 0.6) is 0 Å². The van der Waals surface area contributed by atoms with Crippen molar-refractivity contribution < 1.29 is 18.0 Å². The summed E-state index contributed by atoms with van der Waals surface area (Å²) in [6.45, 7) is 4.12. The molecule has 212 valence electrons. The van der Waals surface area contributed by atoms with E-state index in [0.29, 0.717) is 30.2 Å². The topological polar surface area (TPSA) is 86.8 Å². The van der Waals surface area contributed by atoms with Crippen LogP contribution in [0.25, 0.3) is 0 Å². The van der Waals surface area contributed by atoms with Gasteiger partial charge in [-0.1, -0.05) is 42.5 Å². The van der Waals surface area contributed by atoms with E-state index in [-0.39, 0.29) is 35.7 Å². The molecule has 5 rings (SSSR count). The number of likely N-dealkylation sites (tertiary alicyclic amines) is 2. The van der Waals surface area contributed by atoms with E-state index in [0.717, 1.165) is 56.6 Å². The molecule has 2 amide bonds. The fourth-order valence-electron chi connectivity index (χ4n) is 5.93. The second kappa shape index (κ2) is 12.4. The van der Waals surface area contributed by atoms with Crippen molar-refractivity contribution in [2.45, 2.75) is 62.4 Å². The van der Waals surface area contributed by atoms with Crippen LogP contribution in [0.2, 0.25) is 0 Å². The van der Waals surface area contributed by atoms with E-state index in [1.807, 2.05) is 35.2 Å². The van der Waals surface area contributed by atoms with Crippen LogP contribution >= 0.6 is 12.4 Å². The van der Waals surface area contributed by atoms with Crippen molar-refractivity contribution in [3.63, 3.8) is 0 Å². The summed E-state index contributed by atoms with van der Waals surface area (Å²) in [5.41, 5.74) is 2.14. The van der Waals surface area contributed by atoms with Gasteiger partial charge in [0.15, 0.2) is 9.84 Å². The number of rotatable bonds is 10. The van der Waals surface area contributed by atoms with Gasteiger partial charge >= 0.3 is 0 Å². The number of halogens is 1. The van der Waals surface area contributed by atoms with E-state index in [4.69, 9.17) is 0 Å². The van der Waals surface area contributed by atoms with Gasteiger partial charge in [-0.05, 0) is 79.8 Å². The summed E-state index contributed by atoms with van der Waals surface area (Å²) in [5, 5.41) is 3.29. The lowest BCUT2D eigenvalue weighted by Crippen LogP contribution is -2.42. The lowest BCUT2D eigenvalue weighted by atomic mass is 9.77. The molecule has 3 fully saturated rings. The molecule has 3 aliphatic rings. The van der Waals surface area contributed by atoms with Gasteiger partial charge in [-0.25, -0.2) is 8.42 Å². The summed E-state index contributed by atoms with van der Waals surface area (Å²) in [4.78, 5) is 30.2. The smallest absolute Gasteiger partial charge is 0.223 e. The molecule has 0 radical (unpaired) electrons. The van der Waals surface area contributed by atoms with Crippen LogP contribution in [0.1, 0.15) is 62.1 Å². The quantitative estimate of drug-likeness (QED) is 0.456. The highest BCUT2D eigenvalue weighted by Gasteiger charge is 2.44. The number of nitrogens with zero attached hydrogens (tertiary/aromatic N) is 2. The van der Waals surface area contributed by atoms with Gasteiger partial charge in [0.1, 0.15) is 0 Å². The zero-order valence-corrected chi connectivity index (χ0v) is 24.3. The Morgan fingerprint density at radius 1 is 1.05 bits per heavy atom. The van der Waals surface area contributed by atoms with Gasteiger partial charge < -0.3 is 15.1 Å². The minimum atomic E-state index is -3.23. The maximum absolute atomic E-state index is 12.9. The first-order valence-electron chi connectivity index (χ1n) is 13.8. The molecule has 1 unspecified atom stereocenters. The van der Waals surface area contributed by atoms with E-state index >= 15 is 0 Å². The predicted octanol–water partition coefficient (Wildman–Crippen LogP) is 4.37. The number of benzene rings is 2. The van der Waals surface area contributed by atoms with Gasteiger partial charge in [0.2, 0.25) is 11.8 Å². The third-order valence-corrected chi connectivity index (χ3v) is 9.62.